The predicted molar refractivity (Wildman–Crippen MR) is 111 cm³/mol. The first kappa shape index (κ1) is 19.3. The van der Waals surface area contributed by atoms with Gasteiger partial charge in [0, 0.05) is 16.5 Å². The minimum Gasteiger partial charge on any atom is -0.411 e. The van der Waals surface area contributed by atoms with Crippen LogP contribution in [0.1, 0.15) is 5.56 Å². The van der Waals surface area contributed by atoms with E-state index >= 15 is 0 Å². The van der Waals surface area contributed by atoms with E-state index < -0.39 is 0 Å². The van der Waals surface area contributed by atoms with Crippen LogP contribution >= 0.6 is 23.1 Å². The lowest BCUT2D eigenvalue weighted by molar-refractivity contribution is -0.113. The Bertz CT molecular complexity index is 1140. The van der Waals surface area contributed by atoms with Gasteiger partial charge in [-0.2, -0.15) is 0 Å². The number of hydrogen-bond acceptors (Lipinski definition) is 7. The third-order valence-electron chi connectivity index (χ3n) is 3.89. The van der Waals surface area contributed by atoms with Gasteiger partial charge in [-0.1, -0.05) is 29.5 Å². The van der Waals surface area contributed by atoms with Crippen molar-refractivity contribution in [2.45, 2.75) is 12.1 Å². The number of thiazole rings is 1. The van der Waals surface area contributed by atoms with E-state index in [1.54, 1.807) is 12.1 Å². The number of rotatable bonds is 6. The van der Waals surface area contributed by atoms with Crippen LogP contribution in [0.5, 0.6) is 0 Å². The number of halogens is 1. The Labute approximate surface area is 174 Å². The number of carbonyl (C=O) groups excluding carboxylic acids is 1. The first-order valence-electron chi connectivity index (χ1n) is 8.61. The molecule has 0 saturated carbocycles. The minimum atomic E-state index is -0.305. The van der Waals surface area contributed by atoms with E-state index in [9.17, 15) is 9.18 Å². The van der Waals surface area contributed by atoms with E-state index in [2.05, 4.69) is 20.5 Å². The van der Waals surface area contributed by atoms with Gasteiger partial charge in [0.1, 0.15) is 5.82 Å². The summed E-state index contributed by atoms with van der Waals surface area (Å²) in [5.41, 5.74) is 3.40. The van der Waals surface area contributed by atoms with Crippen LogP contribution in [-0.2, 0) is 4.79 Å². The van der Waals surface area contributed by atoms with E-state index in [4.69, 9.17) is 4.42 Å². The lowest BCUT2D eigenvalue weighted by atomic mass is 10.1. The predicted octanol–water partition coefficient (Wildman–Crippen LogP) is 5.04. The van der Waals surface area contributed by atoms with E-state index in [1.807, 2.05) is 36.6 Å². The van der Waals surface area contributed by atoms with Crippen molar-refractivity contribution in [1.82, 2.24) is 15.2 Å². The molecule has 0 saturated heterocycles. The molecule has 2 heterocycles. The van der Waals surface area contributed by atoms with Crippen molar-refractivity contribution in [2.24, 2.45) is 0 Å². The van der Waals surface area contributed by atoms with Crippen LogP contribution in [0.4, 0.5) is 9.52 Å². The Balaban J connectivity index is 1.33. The fourth-order valence-electron chi connectivity index (χ4n) is 2.53. The zero-order valence-corrected chi connectivity index (χ0v) is 16.9. The van der Waals surface area contributed by atoms with E-state index in [0.29, 0.717) is 21.9 Å². The molecule has 0 aliphatic rings. The van der Waals surface area contributed by atoms with Crippen LogP contribution in [0.25, 0.3) is 22.7 Å². The van der Waals surface area contributed by atoms with Gasteiger partial charge in [-0.05, 0) is 43.3 Å². The summed E-state index contributed by atoms with van der Waals surface area (Å²) in [6.45, 7) is 1.99. The fraction of sp³-hybridized carbons (Fsp3) is 0.100. The van der Waals surface area contributed by atoms with Crippen LogP contribution in [-0.4, -0.2) is 26.8 Å². The van der Waals surface area contributed by atoms with Gasteiger partial charge >= 0.3 is 0 Å². The number of amides is 1. The fourth-order valence-corrected chi connectivity index (χ4v) is 3.83. The standard InChI is InChI=1S/C20H15FN4O2S2/c1-12-3-2-4-14(9-12)18-24-25-20(27-18)29-11-17(26)23-19-22-16(10-28-19)13-5-7-15(21)8-6-13/h2-10H,11H2,1H3,(H,22,23,26). The van der Waals surface area contributed by atoms with Gasteiger partial charge in [0.05, 0.1) is 11.4 Å². The summed E-state index contributed by atoms with van der Waals surface area (Å²) in [5.74, 6) is -0.00660. The Morgan fingerprint density at radius 3 is 2.79 bits per heavy atom. The molecular weight excluding hydrogens is 411 g/mol. The van der Waals surface area contributed by atoms with Gasteiger partial charge in [-0.3, -0.25) is 4.79 Å². The summed E-state index contributed by atoms with van der Waals surface area (Å²) in [6.07, 6.45) is 0. The molecule has 6 nitrogen and oxygen atoms in total. The van der Waals surface area contributed by atoms with Gasteiger partial charge in [-0.15, -0.1) is 21.5 Å². The number of carbonyl (C=O) groups is 1. The zero-order chi connectivity index (χ0) is 20.2. The molecule has 4 aromatic rings. The Morgan fingerprint density at radius 1 is 1.17 bits per heavy atom. The van der Waals surface area contributed by atoms with Gasteiger partial charge in [0.2, 0.25) is 11.8 Å². The quantitative estimate of drug-likeness (QED) is 0.435. The Hall–Kier alpha value is -3.04. The molecule has 0 aliphatic carbocycles. The second kappa shape index (κ2) is 8.54. The third-order valence-corrected chi connectivity index (χ3v) is 5.46. The molecule has 0 unspecified atom stereocenters. The second-order valence-corrected chi connectivity index (χ2v) is 7.91. The molecule has 1 N–H and O–H groups in total. The lowest BCUT2D eigenvalue weighted by Crippen LogP contribution is -2.13. The summed E-state index contributed by atoms with van der Waals surface area (Å²) in [5, 5.41) is 13.3. The van der Waals surface area contributed by atoms with Crippen molar-refractivity contribution in [2.75, 3.05) is 11.1 Å². The van der Waals surface area contributed by atoms with Crippen molar-refractivity contribution in [3.8, 4) is 22.7 Å². The number of thioether (sulfide) groups is 1. The van der Waals surface area contributed by atoms with Crippen LogP contribution in [0.2, 0.25) is 0 Å². The molecule has 0 radical (unpaired) electrons. The summed E-state index contributed by atoms with van der Waals surface area (Å²) in [6, 6.07) is 13.8. The highest BCUT2D eigenvalue weighted by molar-refractivity contribution is 7.99. The molecule has 146 valence electrons. The number of aryl methyl sites for hydroxylation is 1. The number of benzene rings is 2. The number of aromatic nitrogens is 3. The Kier molecular flexibility index (Phi) is 5.68. The van der Waals surface area contributed by atoms with Crippen molar-refractivity contribution in [3.63, 3.8) is 0 Å². The molecule has 4 rings (SSSR count). The number of nitrogens with one attached hydrogen (secondary N) is 1. The highest BCUT2D eigenvalue weighted by atomic mass is 32.2. The molecule has 0 spiro atoms. The first-order chi connectivity index (χ1) is 14.1. The van der Waals surface area contributed by atoms with E-state index in [0.717, 1.165) is 28.5 Å². The smallest absolute Gasteiger partial charge is 0.277 e. The first-order valence-corrected chi connectivity index (χ1v) is 10.5. The summed E-state index contributed by atoms with van der Waals surface area (Å²) < 4.78 is 18.6. The topological polar surface area (TPSA) is 80.9 Å². The van der Waals surface area contributed by atoms with Crippen LogP contribution in [0.15, 0.2) is 63.6 Å². The normalized spacial score (nSPS) is 10.8. The maximum atomic E-state index is 13.0. The maximum Gasteiger partial charge on any atom is 0.277 e. The number of anilines is 1. The molecule has 0 aliphatic heterocycles. The largest absolute Gasteiger partial charge is 0.411 e. The monoisotopic (exact) mass is 426 g/mol. The van der Waals surface area contributed by atoms with E-state index in [1.165, 1.54) is 23.5 Å². The molecule has 29 heavy (non-hydrogen) atoms. The number of nitrogens with zero attached hydrogens (tertiary/aromatic N) is 3. The average Bonchev–Trinajstić information content (AvgIpc) is 3.37. The van der Waals surface area contributed by atoms with Crippen molar-refractivity contribution < 1.29 is 13.6 Å². The maximum absolute atomic E-state index is 13.0. The minimum absolute atomic E-state index is 0.112. The molecular formula is C20H15FN4O2S2. The summed E-state index contributed by atoms with van der Waals surface area (Å²) in [7, 11) is 0. The molecule has 9 heteroatoms. The molecule has 0 fully saturated rings. The Morgan fingerprint density at radius 2 is 2.00 bits per heavy atom. The van der Waals surface area contributed by atoms with Gasteiger partial charge < -0.3 is 9.73 Å². The number of hydrogen-bond donors (Lipinski definition) is 1. The molecule has 1 amide bonds. The SMILES string of the molecule is Cc1cccc(-c2nnc(SCC(=O)Nc3nc(-c4ccc(F)cc4)cs3)o2)c1. The van der Waals surface area contributed by atoms with Crippen LogP contribution in [0.3, 0.4) is 0 Å². The van der Waals surface area contributed by atoms with E-state index in [-0.39, 0.29) is 17.5 Å². The van der Waals surface area contributed by atoms with Crippen LogP contribution in [0, 0.1) is 12.7 Å². The van der Waals surface area contributed by atoms with Gasteiger partial charge in [-0.25, -0.2) is 9.37 Å². The van der Waals surface area contributed by atoms with Crippen molar-refractivity contribution in [3.05, 3.63) is 65.3 Å². The van der Waals surface area contributed by atoms with Crippen LogP contribution < -0.4 is 5.32 Å². The molecule has 2 aromatic carbocycles. The molecule has 2 aromatic heterocycles. The van der Waals surface area contributed by atoms with Gasteiger partial charge in [0.25, 0.3) is 5.22 Å². The molecule has 0 atom stereocenters. The molecule has 0 bridgehead atoms. The summed E-state index contributed by atoms with van der Waals surface area (Å²) in [4.78, 5) is 16.6. The second-order valence-electron chi connectivity index (χ2n) is 6.12. The van der Waals surface area contributed by atoms with Crippen molar-refractivity contribution in [1.29, 1.82) is 0 Å². The van der Waals surface area contributed by atoms with Crippen molar-refractivity contribution >= 4 is 34.1 Å². The highest BCUT2D eigenvalue weighted by Gasteiger charge is 2.13. The highest BCUT2D eigenvalue weighted by Crippen LogP contribution is 2.26. The lowest BCUT2D eigenvalue weighted by Gasteiger charge is -1.99. The van der Waals surface area contributed by atoms with Gasteiger partial charge in [0.15, 0.2) is 5.13 Å². The zero-order valence-electron chi connectivity index (χ0n) is 15.3. The third kappa shape index (κ3) is 4.87. The summed E-state index contributed by atoms with van der Waals surface area (Å²) >= 11 is 2.46. The average molecular weight is 426 g/mol.